The minimum atomic E-state index is -0.504. The number of methoxy groups -OCH3 is 1. The van der Waals surface area contributed by atoms with Crippen molar-refractivity contribution >= 4 is 29.2 Å². The van der Waals surface area contributed by atoms with Crippen LogP contribution in [0.25, 0.3) is 0 Å². The maximum atomic E-state index is 14.4. The highest BCUT2D eigenvalue weighted by Gasteiger charge is 2.32. The van der Waals surface area contributed by atoms with Crippen LogP contribution in [0.2, 0.25) is 0 Å². The molecule has 1 fully saturated rings. The van der Waals surface area contributed by atoms with Gasteiger partial charge in [-0.1, -0.05) is 26.2 Å². The van der Waals surface area contributed by atoms with Crippen LogP contribution in [0.3, 0.4) is 0 Å². The highest BCUT2D eigenvalue weighted by atomic mass is 16.5. The lowest BCUT2D eigenvalue weighted by atomic mass is 9.88. The van der Waals surface area contributed by atoms with E-state index in [9.17, 15) is 19.5 Å². The summed E-state index contributed by atoms with van der Waals surface area (Å²) in [5.74, 6) is 0.842. The second-order valence-corrected chi connectivity index (χ2v) is 13.4. The number of likely N-dealkylation sites (N-methyl/N-ethyl adjacent to an activating group) is 1. The third-order valence-corrected chi connectivity index (χ3v) is 9.44. The Labute approximate surface area is 285 Å². The molecule has 2 aromatic carbocycles. The van der Waals surface area contributed by atoms with Gasteiger partial charge < -0.3 is 39.8 Å². The second kappa shape index (κ2) is 18.1. The molecule has 0 spiro atoms. The standard InChI is InChI=1S/C37H54N4O7/c1-25-22-41(26(2)24-42)36(44)32-21-30(39-37(45)38-29-14-17-31(46-5)18-15-29)16-19-33(32)48-27(3)11-9-10-20-47-34(25)23-40(4)35(43)28-12-7-6-8-13-28/h14-19,21,25-28,34,42H,6-13,20,22-24H2,1-5H3,(H2,38,39,45)/t25-,26-,27-,34+/m0/s1. The molecule has 2 aliphatic rings. The molecule has 4 rings (SSSR count). The Morgan fingerprint density at radius 1 is 1.00 bits per heavy atom. The summed E-state index contributed by atoms with van der Waals surface area (Å²) in [7, 11) is 3.43. The molecule has 48 heavy (non-hydrogen) atoms. The lowest BCUT2D eigenvalue weighted by molar-refractivity contribution is -0.137. The first kappa shape index (κ1) is 37.0. The van der Waals surface area contributed by atoms with Crippen molar-refractivity contribution in [2.75, 3.05) is 51.1 Å². The fourth-order valence-electron chi connectivity index (χ4n) is 6.45. The SMILES string of the molecule is COc1ccc(NC(=O)Nc2ccc3c(c2)C(=O)N([C@@H](C)CO)C[C@H](C)[C@@H](CN(C)C(=O)C2CCCCC2)OCCCC[C@H](C)O3)cc1. The van der Waals surface area contributed by atoms with Crippen LogP contribution in [0.4, 0.5) is 16.2 Å². The highest BCUT2D eigenvalue weighted by Crippen LogP contribution is 2.29. The van der Waals surface area contributed by atoms with E-state index in [1.54, 1.807) is 61.4 Å². The van der Waals surface area contributed by atoms with Crippen molar-refractivity contribution in [3.8, 4) is 11.5 Å². The van der Waals surface area contributed by atoms with Gasteiger partial charge in [-0.3, -0.25) is 9.59 Å². The van der Waals surface area contributed by atoms with E-state index in [4.69, 9.17) is 14.2 Å². The molecular weight excluding hydrogens is 612 g/mol. The van der Waals surface area contributed by atoms with Crippen molar-refractivity contribution in [2.45, 2.75) is 90.4 Å². The summed E-state index contributed by atoms with van der Waals surface area (Å²) in [5.41, 5.74) is 1.29. The van der Waals surface area contributed by atoms with Crippen LogP contribution in [0.5, 0.6) is 11.5 Å². The first-order chi connectivity index (χ1) is 23.1. The number of nitrogens with zero attached hydrogens (tertiary/aromatic N) is 2. The maximum absolute atomic E-state index is 14.4. The molecule has 0 bridgehead atoms. The molecule has 0 unspecified atom stereocenters. The quantitative estimate of drug-likeness (QED) is 0.307. The van der Waals surface area contributed by atoms with Crippen molar-refractivity contribution in [3.63, 3.8) is 0 Å². The molecule has 0 saturated heterocycles. The Morgan fingerprint density at radius 3 is 2.35 bits per heavy atom. The molecule has 0 aromatic heterocycles. The molecule has 1 heterocycles. The van der Waals surface area contributed by atoms with Gasteiger partial charge in [-0.15, -0.1) is 0 Å². The van der Waals surface area contributed by atoms with Crippen LogP contribution in [-0.2, 0) is 9.53 Å². The van der Waals surface area contributed by atoms with Crippen LogP contribution < -0.4 is 20.1 Å². The van der Waals surface area contributed by atoms with E-state index in [2.05, 4.69) is 10.6 Å². The number of urea groups is 1. The lowest BCUT2D eigenvalue weighted by Crippen LogP contribution is -2.48. The molecule has 11 heteroatoms. The third kappa shape index (κ3) is 10.3. The van der Waals surface area contributed by atoms with Crippen LogP contribution >= 0.6 is 0 Å². The number of anilines is 2. The number of hydrogen-bond acceptors (Lipinski definition) is 7. The van der Waals surface area contributed by atoms with E-state index >= 15 is 0 Å². The Balaban J connectivity index is 1.57. The Morgan fingerprint density at radius 2 is 1.67 bits per heavy atom. The average molecular weight is 667 g/mol. The third-order valence-electron chi connectivity index (χ3n) is 9.44. The molecule has 264 valence electrons. The van der Waals surface area contributed by atoms with Gasteiger partial charge in [0, 0.05) is 50.0 Å². The zero-order valence-electron chi connectivity index (χ0n) is 29.2. The average Bonchev–Trinajstić information content (AvgIpc) is 3.09. The summed E-state index contributed by atoms with van der Waals surface area (Å²) in [6, 6.07) is 11.0. The van der Waals surface area contributed by atoms with E-state index in [1.165, 1.54) is 6.42 Å². The smallest absolute Gasteiger partial charge is 0.323 e. The molecular formula is C37H54N4O7. The largest absolute Gasteiger partial charge is 0.497 e. The number of rotatable bonds is 8. The molecule has 1 aliphatic carbocycles. The van der Waals surface area contributed by atoms with Gasteiger partial charge in [-0.2, -0.15) is 0 Å². The van der Waals surface area contributed by atoms with E-state index in [0.29, 0.717) is 42.6 Å². The first-order valence-electron chi connectivity index (χ1n) is 17.4. The van der Waals surface area contributed by atoms with Gasteiger partial charge in [0.2, 0.25) is 5.91 Å². The zero-order valence-corrected chi connectivity index (χ0v) is 29.2. The molecule has 1 saturated carbocycles. The number of benzene rings is 2. The number of nitrogens with one attached hydrogen (secondary N) is 2. The van der Waals surface area contributed by atoms with Crippen molar-refractivity contribution < 1.29 is 33.7 Å². The summed E-state index contributed by atoms with van der Waals surface area (Å²) in [6.07, 6.45) is 7.23. The summed E-state index contributed by atoms with van der Waals surface area (Å²) in [5, 5.41) is 15.9. The van der Waals surface area contributed by atoms with Crippen LogP contribution in [0, 0.1) is 11.8 Å². The van der Waals surface area contributed by atoms with Crippen LogP contribution in [-0.4, -0.2) is 91.5 Å². The Hall–Kier alpha value is -3.83. The predicted molar refractivity (Wildman–Crippen MR) is 187 cm³/mol. The summed E-state index contributed by atoms with van der Waals surface area (Å²) < 4.78 is 17.9. The number of ether oxygens (including phenoxy) is 3. The second-order valence-electron chi connectivity index (χ2n) is 13.4. The summed E-state index contributed by atoms with van der Waals surface area (Å²) in [4.78, 5) is 44.1. The normalized spacial score (nSPS) is 22.0. The number of aliphatic hydroxyl groups excluding tert-OH is 1. The fourth-order valence-corrected chi connectivity index (χ4v) is 6.45. The van der Waals surface area contributed by atoms with Crippen molar-refractivity contribution in [1.29, 1.82) is 0 Å². The molecule has 11 nitrogen and oxygen atoms in total. The molecule has 1 aliphatic heterocycles. The van der Waals surface area contributed by atoms with Gasteiger partial charge in [-0.05, 0) is 88.4 Å². The van der Waals surface area contributed by atoms with E-state index < -0.39 is 12.1 Å². The Bertz CT molecular complexity index is 1350. The molecule has 4 amide bonds. The van der Waals surface area contributed by atoms with Gasteiger partial charge in [-0.25, -0.2) is 4.79 Å². The van der Waals surface area contributed by atoms with E-state index in [1.807, 2.05) is 25.8 Å². The summed E-state index contributed by atoms with van der Waals surface area (Å²) >= 11 is 0. The van der Waals surface area contributed by atoms with Crippen molar-refractivity contribution in [2.24, 2.45) is 11.8 Å². The minimum absolute atomic E-state index is 0.0594. The van der Waals surface area contributed by atoms with Gasteiger partial charge in [0.05, 0.1) is 37.5 Å². The van der Waals surface area contributed by atoms with Crippen molar-refractivity contribution in [3.05, 3.63) is 48.0 Å². The number of carbonyl (C=O) groups excluding carboxylic acids is 3. The van der Waals surface area contributed by atoms with E-state index in [0.717, 1.165) is 44.9 Å². The van der Waals surface area contributed by atoms with Crippen LogP contribution in [0.1, 0.15) is 82.5 Å². The van der Waals surface area contributed by atoms with Gasteiger partial charge in [0.1, 0.15) is 11.5 Å². The fraction of sp³-hybridized carbons (Fsp3) is 0.595. The maximum Gasteiger partial charge on any atom is 0.323 e. The van der Waals surface area contributed by atoms with Gasteiger partial charge in [0.15, 0.2) is 0 Å². The van der Waals surface area contributed by atoms with Crippen molar-refractivity contribution in [1.82, 2.24) is 9.80 Å². The molecule has 4 atom stereocenters. The molecule has 3 N–H and O–H groups in total. The van der Waals surface area contributed by atoms with Gasteiger partial charge in [0.25, 0.3) is 5.91 Å². The number of carbonyl (C=O) groups is 3. The minimum Gasteiger partial charge on any atom is -0.497 e. The number of hydrogen-bond donors (Lipinski definition) is 3. The topological polar surface area (TPSA) is 130 Å². The monoisotopic (exact) mass is 666 g/mol. The van der Waals surface area contributed by atoms with Gasteiger partial charge >= 0.3 is 6.03 Å². The lowest BCUT2D eigenvalue weighted by Gasteiger charge is -2.36. The first-order valence-corrected chi connectivity index (χ1v) is 17.4. The number of aliphatic hydroxyl groups is 1. The predicted octanol–water partition coefficient (Wildman–Crippen LogP) is 6.17. The highest BCUT2D eigenvalue weighted by molar-refractivity contribution is 6.02. The number of amides is 4. The van der Waals surface area contributed by atoms with E-state index in [-0.39, 0.29) is 48.0 Å². The molecule has 0 radical (unpaired) electrons. The summed E-state index contributed by atoms with van der Waals surface area (Å²) in [6.45, 7) is 6.83. The zero-order chi connectivity index (χ0) is 34.6. The number of fused-ring (bicyclic) bond motifs is 1. The molecule has 2 aromatic rings. The van der Waals surface area contributed by atoms with Crippen LogP contribution in [0.15, 0.2) is 42.5 Å². The Kier molecular flexibility index (Phi) is 13.9.